The molecule has 8 atom stereocenters. The number of fused-ring (bicyclic) bond motifs is 1. The minimum Gasteiger partial charge on any atom is -0.391 e. The molecule has 1 saturated carbocycles. The third-order valence-electron chi connectivity index (χ3n) is 5.52. The van der Waals surface area contributed by atoms with E-state index in [1.165, 1.54) is 32.1 Å². The fraction of sp³-hybridized carbons (Fsp3) is 0.933. The molecule has 2 fully saturated rings. The topological polar surface area (TPSA) is 48.3 Å². The van der Waals surface area contributed by atoms with Gasteiger partial charge in [0.15, 0.2) is 0 Å². The van der Waals surface area contributed by atoms with Crippen LogP contribution in [0.5, 0.6) is 0 Å². The maximum atomic E-state index is 10.7. The number of aliphatic hydroxyl groups excluding tert-OH is 1. The maximum absolute atomic E-state index is 10.7. The minimum atomic E-state index is -0.322. The van der Waals surface area contributed by atoms with Gasteiger partial charge in [0.1, 0.15) is 0 Å². The van der Waals surface area contributed by atoms with Crippen molar-refractivity contribution in [3.63, 3.8) is 0 Å². The smallest absolute Gasteiger partial charge is 0.0858 e. The molecule has 6 unspecified atom stereocenters. The first-order valence-electron chi connectivity index (χ1n) is 8.78. The van der Waals surface area contributed by atoms with Gasteiger partial charge in [-0.25, -0.2) is 0 Å². The molecule has 2 heterocycles. The van der Waals surface area contributed by atoms with E-state index in [1.807, 2.05) is 6.34 Å². The summed E-state index contributed by atoms with van der Waals surface area (Å²) in [6, 6.07) is 1.31. The van der Waals surface area contributed by atoms with Crippen LogP contribution in [0.4, 0.5) is 0 Å². The van der Waals surface area contributed by atoms with Crippen molar-refractivity contribution >= 4 is 33.2 Å². The molecule has 0 aromatic heterocycles. The second-order valence-electron chi connectivity index (χ2n) is 6.98. The SMILES string of the molecule is OC(C[C@@H]1[C@@H](OP)CCCN1PP)CN1C=NC2CCCCC21. The van der Waals surface area contributed by atoms with Gasteiger partial charge in [0.05, 0.1) is 30.6 Å². The summed E-state index contributed by atoms with van der Waals surface area (Å²) >= 11 is 0. The summed E-state index contributed by atoms with van der Waals surface area (Å²) in [5, 5.41) is 10.7. The number of aliphatic hydroxyl groups is 1. The van der Waals surface area contributed by atoms with Crippen molar-refractivity contribution in [1.29, 1.82) is 0 Å². The van der Waals surface area contributed by atoms with Crippen molar-refractivity contribution < 1.29 is 9.63 Å². The molecule has 23 heavy (non-hydrogen) atoms. The first-order chi connectivity index (χ1) is 11.2. The third-order valence-corrected chi connectivity index (χ3v) is 7.75. The first kappa shape index (κ1) is 18.4. The Morgan fingerprint density at radius 1 is 1.30 bits per heavy atom. The Labute approximate surface area is 146 Å². The molecule has 0 aromatic carbocycles. The summed E-state index contributed by atoms with van der Waals surface area (Å²) in [5.41, 5.74) is 0. The summed E-state index contributed by atoms with van der Waals surface area (Å²) < 4.78 is 8.06. The molecule has 8 heteroatoms. The van der Waals surface area contributed by atoms with Crippen LogP contribution in [0.25, 0.3) is 0 Å². The lowest BCUT2D eigenvalue weighted by atomic mass is 9.90. The molecule has 0 bridgehead atoms. The van der Waals surface area contributed by atoms with Gasteiger partial charge in [-0.2, -0.15) is 0 Å². The van der Waals surface area contributed by atoms with E-state index >= 15 is 0 Å². The van der Waals surface area contributed by atoms with Crippen molar-refractivity contribution in [3.05, 3.63) is 0 Å². The van der Waals surface area contributed by atoms with Crippen LogP contribution in [-0.4, -0.2) is 64.4 Å². The summed E-state index contributed by atoms with van der Waals surface area (Å²) in [7, 11) is 5.96. The Hall–Kier alpha value is 0.640. The van der Waals surface area contributed by atoms with Gasteiger partial charge in [0.25, 0.3) is 0 Å². The molecule has 5 nitrogen and oxygen atoms in total. The van der Waals surface area contributed by atoms with E-state index in [0.717, 1.165) is 19.4 Å². The molecular formula is C15H30N3O2P3. The summed E-state index contributed by atoms with van der Waals surface area (Å²) in [5.74, 6) is 0. The lowest BCUT2D eigenvalue weighted by Gasteiger charge is -2.41. The molecule has 0 aromatic rings. The highest BCUT2D eigenvalue weighted by Gasteiger charge is 2.36. The number of nitrogens with zero attached hydrogens (tertiary/aromatic N) is 3. The molecule has 0 radical (unpaired) electrons. The third kappa shape index (κ3) is 4.43. The maximum Gasteiger partial charge on any atom is 0.0858 e. The molecule has 0 amide bonds. The van der Waals surface area contributed by atoms with Crippen molar-refractivity contribution in [3.8, 4) is 0 Å². The largest absolute Gasteiger partial charge is 0.391 e. The van der Waals surface area contributed by atoms with Crippen LogP contribution in [0.3, 0.4) is 0 Å². The van der Waals surface area contributed by atoms with Gasteiger partial charge < -0.3 is 14.5 Å². The predicted molar refractivity (Wildman–Crippen MR) is 104 cm³/mol. The molecule has 1 saturated heterocycles. The summed E-state index contributed by atoms with van der Waals surface area (Å²) in [4.78, 5) is 6.94. The van der Waals surface area contributed by atoms with Gasteiger partial charge in [0.2, 0.25) is 0 Å². The fourth-order valence-corrected chi connectivity index (χ4v) is 6.34. The average Bonchev–Trinajstić information content (AvgIpc) is 2.98. The number of β-amino-alcohol motifs (C(OH)–C–C–N with tert-alkyl or cyclic N) is 1. The Morgan fingerprint density at radius 3 is 2.91 bits per heavy atom. The van der Waals surface area contributed by atoms with Crippen molar-refractivity contribution in [2.24, 2.45) is 4.99 Å². The van der Waals surface area contributed by atoms with Gasteiger partial charge in [-0.05, 0) is 40.5 Å². The molecular weight excluding hydrogens is 347 g/mol. The van der Waals surface area contributed by atoms with E-state index in [-0.39, 0.29) is 12.2 Å². The highest BCUT2D eigenvalue weighted by molar-refractivity contribution is 8.01. The summed E-state index contributed by atoms with van der Waals surface area (Å²) in [6.07, 6.45) is 9.95. The zero-order valence-corrected chi connectivity index (χ0v) is 17.0. The molecule has 2 aliphatic heterocycles. The Balaban J connectivity index is 1.55. The second kappa shape index (κ2) is 8.84. The molecule has 1 aliphatic carbocycles. The highest BCUT2D eigenvalue weighted by Crippen LogP contribution is 2.37. The standard InChI is InChI=1S/C15H30N3O2P3/c19-11(8-14-15(20-21)6-3-7-18(14)23-22)9-17-10-16-12-4-1-2-5-13(12)17/h10-15,19,23H,1-9,21-22H2/t11?,12?,13?,14-,15+/m1/s1. The van der Waals surface area contributed by atoms with Crippen molar-refractivity contribution in [2.75, 3.05) is 13.1 Å². The Morgan fingerprint density at radius 2 is 2.13 bits per heavy atom. The highest BCUT2D eigenvalue weighted by atomic mass is 32.0. The quantitative estimate of drug-likeness (QED) is 0.723. The van der Waals surface area contributed by atoms with E-state index in [9.17, 15) is 5.11 Å². The molecule has 132 valence electrons. The number of rotatable bonds is 6. The number of hydrogen-bond donors (Lipinski definition) is 1. The van der Waals surface area contributed by atoms with Crippen LogP contribution in [0.15, 0.2) is 4.99 Å². The van der Waals surface area contributed by atoms with Gasteiger partial charge in [-0.3, -0.25) is 9.66 Å². The lowest BCUT2D eigenvalue weighted by Crippen LogP contribution is -2.48. The molecule has 3 aliphatic rings. The van der Waals surface area contributed by atoms with E-state index in [2.05, 4.69) is 33.0 Å². The van der Waals surface area contributed by atoms with Gasteiger partial charge in [-0.15, -0.1) is 0 Å². The first-order valence-corrected chi connectivity index (χ1v) is 12.0. The summed E-state index contributed by atoms with van der Waals surface area (Å²) in [6.45, 7) is 1.82. The number of hydrogen-bond acceptors (Lipinski definition) is 5. The minimum absolute atomic E-state index is 0.214. The van der Waals surface area contributed by atoms with Crippen LogP contribution >= 0.6 is 26.8 Å². The second-order valence-corrected chi connectivity index (χ2v) is 8.86. The van der Waals surface area contributed by atoms with E-state index in [0.29, 0.717) is 33.1 Å². The average molecular weight is 377 g/mol. The predicted octanol–water partition coefficient (Wildman–Crippen LogP) is 2.42. The van der Waals surface area contributed by atoms with Crippen LogP contribution < -0.4 is 0 Å². The van der Waals surface area contributed by atoms with E-state index in [4.69, 9.17) is 4.52 Å². The lowest BCUT2D eigenvalue weighted by molar-refractivity contribution is 0.0391. The normalized spacial score (nSPS) is 36.7. The van der Waals surface area contributed by atoms with Crippen LogP contribution in [0.2, 0.25) is 0 Å². The fourth-order valence-electron chi connectivity index (χ4n) is 4.31. The van der Waals surface area contributed by atoms with Gasteiger partial charge >= 0.3 is 0 Å². The number of aliphatic imine (C=N–C) groups is 1. The number of piperidine rings is 1. The Kier molecular flexibility index (Phi) is 7.08. The zero-order valence-electron chi connectivity index (χ0n) is 13.7. The molecule has 3 rings (SSSR count). The molecule has 1 N–H and O–H groups in total. The molecule has 0 spiro atoms. The zero-order chi connectivity index (χ0) is 16.2. The Bertz CT molecular complexity index is 403. The van der Waals surface area contributed by atoms with Crippen LogP contribution in [0, 0.1) is 0 Å². The van der Waals surface area contributed by atoms with E-state index in [1.54, 1.807) is 0 Å². The van der Waals surface area contributed by atoms with Crippen LogP contribution in [-0.2, 0) is 4.52 Å². The van der Waals surface area contributed by atoms with E-state index < -0.39 is 0 Å². The van der Waals surface area contributed by atoms with Gasteiger partial charge in [-0.1, -0.05) is 21.8 Å². The monoisotopic (exact) mass is 377 g/mol. The van der Waals surface area contributed by atoms with Crippen LogP contribution in [0.1, 0.15) is 44.9 Å². The van der Waals surface area contributed by atoms with Crippen molar-refractivity contribution in [2.45, 2.75) is 75.3 Å². The van der Waals surface area contributed by atoms with Crippen molar-refractivity contribution in [1.82, 2.24) is 9.57 Å². The van der Waals surface area contributed by atoms with Gasteiger partial charge in [0, 0.05) is 28.6 Å².